The molecule has 0 aliphatic carbocycles. The molecule has 0 amide bonds. The zero-order chi connectivity index (χ0) is 29.9. The van der Waals surface area contributed by atoms with Crippen LogP contribution in [0, 0.1) is 12.7 Å². The van der Waals surface area contributed by atoms with Gasteiger partial charge in [0.1, 0.15) is 5.82 Å². The maximum Gasteiger partial charge on any atom is 0.179 e. The summed E-state index contributed by atoms with van der Waals surface area (Å²) in [5, 5.41) is 8.42. The molecule has 6 nitrogen and oxygen atoms in total. The van der Waals surface area contributed by atoms with Crippen LogP contribution in [0.3, 0.4) is 0 Å². The summed E-state index contributed by atoms with van der Waals surface area (Å²) in [5.74, 6) is 1.42. The third kappa shape index (κ3) is 4.70. The second-order valence-corrected chi connectivity index (χ2v) is 12.3. The average molecular weight is 589 g/mol. The molecule has 0 radical (unpaired) electrons. The lowest BCUT2D eigenvalue weighted by Gasteiger charge is -2.40. The van der Waals surface area contributed by atoms with E-state index in [0.29, 0.717) is 17.4 Å². The molecule has 0 unspecified atom stereocenters. The first-order valence-corrected chi connectivity index (χ1v) is 14.6. The van der Waals surface area contributed by atoms with Crippen molar-refractivity contribution in [1.82, 2.24) is 9.78 Å². The molecule has 0 spiro atoms. The van der Waals surface area contributed by atoms with E-state index in [4.69, 9.17) is 26.7 Å². The van der Waals surface area contributed by atoms with Crippen LogP contribution in [-0.2, 0) is 5.41 Å². The Morgan fingerprint density at radius 2 is 1.58 bits per heavy atom. The van der Waals surface area contributed by atoms with E-state index in [2.05, 4.69) is 61.3 Å². The van der Waals surface area contributed by atoms with Crippen molar-refractivity contribution in [3.05, 3.63) is 130 Å². The summed E-state index contributed by atoms with van der Waals surface area (Å²) in [6.45, 7) is 8.70. The van der Waals surface area contributed by atoms with Crippen molar-refractivity contribution in [2.45, 2.75) is 39.2 Å². The number of aromatic nitrogens is 2. The SMILES string of the molecule is Cc1nn(-c2ccccc2)c2c1[C@@H](c1ccc(C(C)(C)C)cc1)N1C(=N2)C(Nc2ccc(F)c(Cl)c2)=Nc2ccccc21. The minimum Gasteiger partial charge on any atom is -0.337 e. The summed E-state index contributed by atoms with van der Waals surface area (Å²) in [6, 6.07) is 31.2. The van der Waals surface area contributed by atoms with Gasteiger partial charge >= 0.3 is 0 Å². The zero-order valence-corrected chi connectivity index (χ0v) is 25.1. The first kappa shape index (κ1) is 27.1. The molecule has 2 aliphatic rings. The molecule has 0 saturated heterocycles. The van der Waals surface area contributed by atoms with Crippen LogP contribution in [0.2, 0.25) is 5.02 Å². The number of fused-ring (bicyclic) bond motifs is 4. The molecular weight excluding hydrogens is 559 g/mol. The summed E-state index contributed by atoms with van der Waals surface area (Å²) in [4.78, 5) is 12.5. The minimum atomic E-state index is -0.481. The number of nitrogens with zero attached hydrogens (tertiary/aromatic N) is 5. The van der Waals surface area contributed by atoms with Gasteiger partial charge < -0.3 is 10.2 Å². The molecule has 0 fully saturated rings. The maximum atomic E-state index is 14.0. The van der Waals surface area contributed by atoms with Gasteiger partial charge in [0.15, 0.2) is 17.5 Å². The number of aliphatic imine (C=N–C) groups is 2. The Hall–Kier alpha value is -4.75. The fraction of sp³-hybridized carbons (Fsp3) is 0.171. The van der Waals surface area contributed by atoms with Crippen LogP contribution < -0.4 is 10.2 Å². The topological polar surface area (TPSA) is 57.8 Å². The fourth-order valence-electron chi connectivity index (χ4n) is 5.74. The molecule has 1 aromatic heterocycles. The Kier molecular flexibility index (Phi) is 6.43. The number of hydrogen-bond donors (Lipinski definition) is 1. The largest absolute Gasteiger partial charge is 0.337 e. The van der Waals surface area contributed by atoms with Crippen molar-refractivity contribution in [2.24, 2.45) is 9.98 Å². The van der Waals surface area contributed by atoms with Crippen molar-refractivity contribution in [2.75, 3.05) is 10.2 Å². The van der Waals surface area contributed by atoms with E-state index >= 15 is 0 Å². The van der Waals surface area contributed by atoms with E-state index in [0.717, 1.165) is 39.7 Å². The highest BCUT2D eigenvalue weighted by atomic mass is 35.5. The number of hydrogen-bond acceptors (Lipinski definition) is 5. The van der Waals surface area contributed by atoms with Crippen LogP contribution in [0.1, 0.15) is 49.2 Å². The monoisotopic (exact) mass is 588 g/mol. The first-order chi connectivity index (χ1) is 20.7. The summed E-state index contributed by atoms with van der Waals surface area (Å²) in [6.07, 6.45) is 0. The van der Waals surface area contributed by atoms with Crippen molar-refractivity contribution in [3.63, 3.8) is 0 Å². The van der Waals surface area contributed by atoms with Gasteiger partial charge in [0.05, 0.1) is 33.8 Å². The third-order valence-corrected chi connectivity index (χ3v) is 8.20. The van der Waals surface area contributed by atoms with E-state index in [-0.39, 0.29) is 16.5 Å². The van der Waals surface area contributed by atoms with E-state index in [1.165, 1.54) is 11.6 Å². The van der Waals surface area contributed by atoms with E-state index in [1.54, 1.807) is 12.1 Å². The predicted octanol–water partition coefficient (Wildman–Crippen LogP) is 9.07. The molecule has 8 heteroatoms. The van der Waals surface area contributed by atoms with Crippen LogP contribution in [0.25, 0.3) is 5.69 Å². The highest BCUT2D eigenvalue weighted by Gasteiger charge is 2.41. The van der Waals surface area contributed by atoms with Gasteiger partial charge in [0.2, 0.25) is 0 Å². The highest BCUT2D eigenvalue weighted by molar-refractivity contribution is 6.51. The molecule has 3 heterocycles. The summed E-state index contributed by atoms with van der Waals surface area (Å²) in [5.41, 5.74) is 7.57. The molecular formula is C35H30ClFN6. The van der Waals surface area contributed by atoms with Crippen LogP contribution in [0.15, 0.2) is 107 Å². The van der Waals surface area contributed by atoms with Crippen molar-refractivity contribution >= 4 is 46.2 Å². The normalized spacial score (nSPS) is 15.7. The lowest BCUT2D eigenvalue weighted by Crippen LogP contribution is -2.46. The fourth-order valence-corrected chi connectivity index (χ4v) is 5.92. The Morgan fingerprint density at radius 1 is 0.860 bits per heavy atom. The number of benzene rings is 4. The maximum absolute atomic E-state index is 14.0. The van der Waals surface area contributed by atoms with E-state index in [9.17, 15) is 4.39 Å². The molecule has 2 aliphatic heterocycles. The van der Waals surface area contributed by atoms with Crippen molar-refractivity contribution < 1.29 is 4.39 Å². The van der Waals surface area contributed by atoms with Gasteiger partial charge in [-0.1, -0.05) is 87.0 Å². The lowest BCUT2D eigenvalue weighted by atomic mass is 9.85. The van der Waals surface area contributed by atoms with Crippen molar-refractivity contribution in [1.29, 1.82) is 0 Å². The smallest absolute Gasteiger partial charge is 0.179 e. The minimum absolute atomic E-state index is 0.0227. The van der Waals surface area contributed by atoms with Gasteiger partial charge in [-0.15, -0.1) is 0 Å². The molecule has 0 bridgehead atoms. The van der Waals surface area contributed by atoms with Crippen LogP contribution >= 0.6 is 11.6 Å². The van der Waals surface area contributed by atoms with E-state index < -0.39 is 5.82 Å². The number of amidine groups is 2. The summed E-state index contributed by atoms with van der Waals surface area (Å²) in [7, 11) is 0. The van der Waals surface area contributed by atoms with E-state index in [1.807, 2.05) is 60.1 Å². The van der Waals surface area contributed by atoms with Gasteiger partial charge in [-0.05, 0) is 65.9 Å². The van der Waals surface area contributed by atoms with Crippen LogP contribution in [0.4, 0.5) is 27.3 Å². The lowest BCUT2D eigenvalue weighted by molar-refractivity contribution is 0.589. The average Bonchev–Trinajstić information content (AvgIpc) is 3.34. The molecule has 5 aromatic rings. The molecule has 43 heavy (non-hydrogen) atoms. The van der Waals surface area contributed by atoms with Gasteiger partial charge in [-0.2, -0.15) is 5.10 Å². The van der Waals surface area contributed by atoms with Gasteiger partial charge in [0, 0.05) is 11.3 Å². The Morgan fingerprint density at radius 3 is 2.30 bits per heavy atom. The quantitative estimate of drug-likeness (QED) is 0.229. The number of nitrogens with one attached hydrogen (secondary N) is 1. The number of aryl methyl sites for hydroxylation is 1. The molecule has 1 N–H and O–H groups in total. The first-order valence-electron chi connectivity index (χ1n) is 14.2. The standard InChI is InChI=1S/C35H30ClFN6/c1-21-30-31(22-14-16-23(17-15-22)35(2,3)4)42-29-13-9-8-12-28(29)39-32(38-24-18-19-27(37)26(36)20-24)34(42)40-33(30)43(41-21)25-10-6-5-7-11-25/h5-20,31H,1-4H3,(H,38,39)/t31-/m1/s1. The second kappa shape index (κ2) is 10.2. The highest BCUT2D eigenvalue weighted by Crippen LogP contribution is 2.48. The van der Waals surface area contributed by atoms with Crippen LogP contribution in [-0.4, -0.2) is 21.5 Å². The summed E-state index contributed by atoms with van der Waals surface area (Å²) >= 11 is 6.15. The van der Waals surface area contributed by atoms with Crippen molar-refractivity contribution in [3.8, 4) is 5.69 Å². The number of rotatable bonds is 3. The van der Waals surface area contributed by atoms with Gasteiger partial charge in [-0.3, -0.25) is 0 Å². The Labute approximate surface area is 255 Å². The molecule has 0 saturated carbocycles. The molecule has 4 aromatic carbocycles. The van der Waals surface area contributed by atoms with Crippen LogP contribution in [0.5, 0.6) is 0 Å². The molecule has 1 atom stereocenters. The Bertz CT molecular complexity index is 1920. The second-order valence-electron chi connectivity index (χ2n) is 11.9. The number of anilines is 2. The predicted molar refractivity (Wildman–Crippen MR) is 173 cm³/mol. The number of para-hydroxylation sites is 3. The number of halogens is 2. The Balaban J connectivity index is 1.47. The van der Waals surface area contributed by atoms with Gasteiger partial charge in [-0.25, -0.2) is 19.1 Å². The zero-order valence-electron chi connectivity index (χ0n) is 24.3. The molecule has 7 rings (SSSR count). The third-order valence-electron chi connectivity index (χ3n) is 7.91. The molecule has 214 valence electrons. The summed E-state index contributed by atoms with van der Waals surface area (Å²) < 4.78 is 15.9. The van der Waals surface area contributed by atoms with Gasteiger partial charge in [0.25, 0.3) is 0 Å².